The quantitative estimate of drug-likeness (QED) is 0.642. The van der Waals surface area contributed by atoms with Crippen LogP contribution in [-0.2, 0) is 4.79 Å². The van der Waals surface area contributed by atoms with Crippen LogP contribution in [0.25, 0.3) is 5.78 Å². The van der Waals surface area contributed by atoms with Crippen LogP contribution in [-0.4, -0.2) is 48.2 Å². The van der Waals surface area contributed by atoms with Gasteiger partial charge < -0.3 is 0 Å². The maximum Gasteiger partial charge on any atom is 0.277 e. The first-order valence-corrected chi connectivity index (χ1v) is 8.53. The lowest BCUT2D eigenvalue weighted by atomic mass is 10.1. The van der Waals surface area contributed by atoms with Gasteiger partial charge in [0.25, 0.3) is 23.2 Å². The normalized spacial score (nSPS) is 14.5. The van der Waals surface area contributed by atoms with Crippen molar-refractivity contribution in [1.29, 1.82) is 0 Å². The van der Waals surface area contributed by atoms with E-state index < -0.39 is 23.8 Å². The molecule has 0 saturated carbocycles. The van der Waals surface area contributed by atoms with Crippen molar-refractivity contribution in [3.8, 4) is 0 Å². The van der Waals surface area contributed by atoms with E-state index in [0.717, 1.165) is 9.42 Å². The van der Waals surface area contributed by atoms with Crippen LogP contribution in [0.3, 0.4) is 0 Å². The van der Waals surface area contributed by atoms with Crippen LogP contribution in [0.1, 0.15) is 38.9 Å². The molecule has 10 heteroatoms. The van der Waals surface area contributed by atoms with E-state index in [1.807, 2.05) is 0 Å². The molecule has 0 spiro atoms. The van der Waals surface area contributed by atoms with Crippen molar-refractivity contribution in [2.75, 3.05) is 5.32 Å². The summed E-state index contributed by atoms with van der Waals surface area (Å²) in [5.41, 5.74) is 1.19. The molecule has 1 aromatic carbocycles. The number of aromatic nitrogens is 4. The molecule has 2 N–H and O–H groups in total. The van der Waals surface area contributed by atoms with Crippen LogP contribution < -0.4 is 10.9 Å². The van der Waals surface area contributed by atoms with Gasteiger partial charge in [-0.3, -0.25) is 34.5 Å². The average molecular weight is 380 g/mol. The number of aromatic amines is 1. The lowest BCUT2D eigenvalue weighted by Crippen LogP contribution is -2.45. The van der Waals surface area contributed by atoms with Gasteiger partial charge in [-0.2, -0.15) is 9.50 Å². The van der Waals surface area contributed by atoms with E-state index >= 15 is 0 Å². The second-order valence-electron chi connectivity index (χ2n) is 6.53. The Bertz CT molecular complexity index is 1190. The molecule has 1 aliphatic heterocycles. The molecule has 28 heavy (non-hydrogen) atoms. The van der Waals surface area contributed by atoms with Crippen LogP contribution in [0, 0.1) is 13.8 Å². The first-order valence-electron chi connectivity index (χ1n) is 8.53. The molecule has 1 atom stereocenters. The number of anilines is 1. The van der Waals surface area contributed by atoms with E-state index in [0.29, 0.717) is 11.3 Å². The highest BCUT2D eigenvalue weighted by Gasteiger charge is 2.40. The summed E-state index contributed by atoms with van der Waals surface area (Å²) in [4.78, 5) is 59.1. The highest BCUT2D eigenvalue weighted by Crippen LogP contribution is 2.24. The Morgan fingerprint density at radius 2 is 1.68 bits per heavy atom. The number of carbonyl (C=O) groups is 3. The summed E-state index contributed by atoms with van der Waals surface area (Å²) < 4.78 is 1.12. The van der Waals surface area contributed by atoms with Crippen molar-refractivity contribution in [2.45, 2.75) is 26.8 Å². The summed E-state index contributed by atoms with van der Waals surface area (Å²) >= 11 is 0. The minimum atomic E-state index is -1.08. The fourth-order valence-corrected chi connectivity index (χ4v) is 3.06. The number of aryl methyl sites for hydroxylation is 1. The summed E-state index contributed by atoms with van der Waals surface area (Å²) in [6.07, 6.45) is 0. The lowest BCUT2D eigenvalue weighted by Gasteiger charge is -2.20. The number of hydrogen-bond acceptors (Lipinski definition) is 6. The fraction of sp³-hybridized carbons (Fsp3) is 0.222. The van der Waals surface area contributed by atoms with Gasteiger partial charge in [-0.05, 0) is 32.9 Å². The van der Waals surface area contributed by atoms with Gasteiger partial charge in [-0.25, -0.2) is 4.98 Å². The van der Waals surface area contributed by atoms with Crippen LogP contribution in [0.4, 0.5) is 5.95 Å². The number of carbonyl (C=O) groups excluding carboxylic acids is 3. The van der Waals surface area contributed by atoms with Gasteiger partial charge in [0, 0.05) is 11.3 Å². The molecule has 3 heterocycles. The number of amides is 3. The Morgan fingerprint density at radius 1 is 1.07 bits per heavy atom. The molecule has 0 saturated heterocycles. The Balaban J connectivity index is 1.60. The van der Waals surface area contributed by atoms with E-state index in [1.165, 1.54) is 6.92 Å². The highest BCUT2D eigenvalue weighted by molar-refractivity contribution is 6.23. The summed E-state index contributed by atoms with van der Waals surface area (Å²) in [5, 5.41) is 5.15. The SMILES string of the molecule is Cc1nc2nc(NC(=O)C(C)N3C(=O)c4ccccc4C3=O)[nH]n2c(=O)c1C. The van der Waals surface area contributed by atoms with Crippen molar-refractivity contribution >= 4 is 29.4 Å². The van der Waals surface area contributed by atoms with Crippen molar-refractivity contribution < 1.29 is 14.4 Å². The first kappa shape index (κ1) is 17.6. The summed E-state index contributed by atoms with van der Waals surface area (Å²) in [7, 11) is 0. The third kappa shape index (κ3) is 2.49. The van der Waals surface area contributed by atoms with Crippen LogP contribution in [0.2, 0.25) is 0 Å². The van der Waals surface area contributed by atoms with Crippen LogP contribution >= 0.6 is 0 Å². The number of H-pyrrole nitrogens is 1. The summed E-state index contributed by atoms with van der Waals surface area (Å²) in [6, 6.07) is 5.32. The minimum Gasteiger partial charge on any atom is -0.293 e. The average Bonchev–Trinajstić information content (AvgIpc) is 3.18. The Morgan fingerprint density at radius 3 is 2.29 bits per heavy atom. The third-order valence-corrected chi connectivity index (χ3v) is 4.80. The number of nitrogens with zero attached hydrogens (tertiary/aromatic N) is 4. The molecular weight excluding hydrogens is 364 g/mol. The monoisotopic (exact) mass is 380 g/mol. The Labute approximate surface area is 158 Å². The lowest BCUT2D eigenvalue weighted by molar-refractivity contribution is -0.119. The Kier molecular flexibility index (Phi) is 3.84. The van der Waals surface area contributed by atoms with Gasteiger partial charge in [0.1, 0.15) is 6.04 Å². The zero-order valence-electron chi connectivity index (χ0n) is 15.3. The van der Waals surface area contributed by atoms with E-state index in [9.17, 15) is 19.2 Å². The molecule has 3 amide bonds. The molecule has 10 nitrogen and oxygen atoms in total. The van der Waals surface area contributed by atoms with Gasteiger partial charge in [-0.15, -0.1) is 0 Å². The van der Waals surface area contributed by atoms with Crippen molar-refractivity contribution in [3.63, 3.8) is 0 Å². The van der Waals surface area contributed by atoms with Gasteiger partial charge in [0.2, 0.25) is 11.9 Å². The number of fused-ring (bicyclic) bond motifs is 2. The molecule has 3 aromatic rings. The molecule has 1 unspecified atom stereocenters. The molecular formula is C18H16N6O4. The minimum absolute atomic E-state index is 0.0111. The summed E-state index contributed by atoms with van der Waals surface area (Å²) in [6.45, 7) is 4.77. The topological polar surface area (TPSA) is 130 Å². The second-order valence-corrected chi connectivity index (χ2v) is 6.53. The van der Waals surface area contributed by atoms with Gasteiger partial charge >= 0.3 is 0 Å². The van der Waals surface area contributed by atoms with Crippen LogP contribution in [0.15, 0.2) is 29.1 Å². The number of nitrogens with one attached hydrogen (secondary N) is 2. The molecule has 0 radical (unpaired) electrons. The van der Waals surface area contributed by atoms with Gasteiger partial charge in [0.15, 0.2) is 0 Å². The third-order valence-electron chi connectivity index (χ3n) is 4.80. The maximum atomic E-state index is 12.6. The first-order chi connectivity index (χ1) is 13.3. The maximum absolute atomic E-state index is 12.6. The van der Waals surface area contributed by atoms with Gasteiger partial charge in [0.05, 0.1) is 11.1 Å². The fourth-order valence-electron chi connectivity index (χ4n) is 3.06. The number of benzene rings is 1. The summed E-state index contributed by atoms with van der Waals surface area (Å²) in [5.74, 6) is -1.59. The molecule has 2 aromatic heterocycles. The van der Waals surface area contributed by atoms with E-state index in [-0.39, 0.29) is 28.4 Å². The predicted molar refractivity (Wildman–Crippen MR) is 98.1 cm³/mol. The number of rotatable bonds is 3. The zero-order valence-corrected chi connectivity index (χ0v) is 15.3. The van der Waals surface area contributed by atoms with Crippen molar-refractivity contribution in [1.82, 2.24) is 24.5 Å². The second kappa shape index (κ2) is 6.12. The van der Waals surface area contributed by atoms with Gasteiger partial charge in [-0.1, -0.05) is 12.1 Å². The van der Waals surface area contributed by atoms with E-state index in [4.69, 9.17) is 0 Å². The molecule has 4 rings (SSSR count). The van der Waals surface area contributed by atoms with E-state index in [1.54, 1.807) is 38.1 Å². The molecule has 0 bridgehead atoms. The van der Waals surface area contributed by atoms with Crippen molar-refractivity contribution in [2.24, 2.45) is 0 Å². The molecule has 0 fully saturated rings. The largest absolute Gasteiger partial charge is 0.293 e. The van der Waals surface area contributed by atoms with Crippen LogP contribution in [0.5, 0.6) is 0 Å². The standard InChI is InChI=1S/C18H16N6O4/c1-8-9(2)19-18-21-17(22-24(18)14(8)26)20-13(25)10(3)23-15(27)11-6-4-5-7-12(11)16(23)28/h4-7,10H,1-3H3,(H2,19,20,21,22,25). The highest BCUT2D eigenvalue weighted by atomic mass is 16.2. The zero-order chi connectivity index (χ0) is 20.2. The molecule has 1 aliphatic rings. The number of hydrogen-bond donors (Lipinski definition) is 2. The molecule has 0 aliphatic carbocycles. The van der Waals surface area contributed by atoms with Crippen molar-refractivity contribution in [3.05, 3.63) is 57.0 Å². The Hall–Kier alpha value is -3.82. The number of imide groups is 1. The van der Waals surface area contributed by atoms with E-state index in [2.05, 4.69) is 20.4 Å². The predicted octanol–water partition coefficient (Wildman–Crippen LogP) is 0.658. The smallest absolute Gasteiger partial charge is 0.277 e. The molecule has 142 valence electrons.